The van der Waals surface area contributed by atoms with Crippen molar-refractivity contribution in [2.75, 3.05) is 4.90 Å². The van der Waals surface area contributed by atoms with Gasteiger partial charge in [0, 0.05) is 36.1 Å². The largest absolute Gasteiger partial charge is 0.416 e. The Morgan fingerprint density at radius 2 is 1.67 bits per heavy atom. The molecular weight excluding hydrogens is 437 g/mol. The number of para-hydroxylation sites is 2. The minimum Gasteiger partial charge on any atom is -0.294 e. The number of allylic oxidation sites excluding steroid dienone is 2. The molecule has 1 aliphatic heterocycles. The highest BCUT2D eigenvalue weighted by molar-refractivity contribution is 6.08. The number of halogens is 3. The van der Waals surface area contributed by atoms with Crippen LogP contribution >= 0.6 is 0 Å². The standard InChI is InChI=1S/C24H21F3N2O4/c1-23(2)12-19-22(20(30)13-23)16(14-7-9-15(10-8-14)24(25,26)27)11-21(31)28(19)17-5-3-4-6-18(17)29(32)33/h3-10,16H,11-13H2,1-2H3. The molecule has 172 valence electrons. The van der Waals surface area contributed by atoms with E-state index in [9.17, 15) is 32.9 Å². The molecule has 1 aliphatic carbocycles. The van der Waals surface area contributed by atoms with Crippen LogP contribution < -0.4 is 4.90 Å². The summed E-state index contributed by atoms with van der Waals surface area (Å²) in [4.78, 5) is 38.9. The van der Waals surface area contributed by atoms with E-state index in [0.29, 0.717) is 23.3 Å². The minimum atomic E-state index is -4.50. The number of rotatable bonds is 3. The smallest absolute Gasteiger partial charge is 0.294 e. The molecule has 9 heteroatoms. The molecule has 33 heavy (non-hydrogen) atoms. The van der Waals surface area contributed by atoms with E-state index in [-0.39, 0.29) is 30.0 Å². The molecule has 0 spiro atoms. The Hall–Kier alpha value is -3.49. The lowest BCUT2D eigenvalue weighted by Crippen LogP contribution is -2.44. The molecule has 0 saturated heterocycles. The first-order valence-corrected chi connectivity index (χ1v) is 10.4. The Morgan fingerprint density at radius 1 is 1.03 bits per heavy atom. The van der Waals surface area contributed by atoms with Gasteiger partial charge in [-0.25, -0.2) is 0 Å². The average Bonchev–Trinajstić information content (AvgIpc) is 2.71. The van der Waals surface area contributed by atoms with Gasteiger partial charge in [0.2, 0.25) is 5.91 Å². The minimum absolute atomic E-state index is 0.0800. The van der Waals surface area contributed by atoms with Gasteiger partial charge in [0.15, 0.2) is 5.78 Å². The predicted octanol–water partition coefficient (Wildman–Crippen LogP) is 5.78. The second-order valence-electron chi connectivity index (χ2n) is 9.15. The van der Waals surface area contributed by atoms with Crippen LogP contribution in [0.25, 0.3) is 0 Å². The van der Waals surface area contributed by atoms with Gasteiger partial charge < -0.3 is 0 Å². The summed E-state index contributed by atoms with van der Waals surface area (Å²) in [5.41, 5.74) is -0.337. The van der Waals surface area contributed by atoms with Crippen molar-refractivity contribution in [3.63, 3.8) is 0 Å². The van der Waals surface area contributed by atoms with Crippen molar-refractivity contribution in [2.45, 2.75) is 45.2 Å². The van der Waals surface area contributed by atoms with Crippen molar-refractivity contribution >= 4 is 23.1 Å². The fourth-order valence-corrected chi connectivity index (χ4v) is 4.69. The molecule has 0 saturated carbocycles. The van der Waals surface area contributed by atoms with Crippen LogP contribution in [0.15, 0.2) is 59.8 Å². The molecule has 2 aliphatic rings. The topological polar surface area (TPSA) is 80.5 Å². The van der Waals surface area contributed by atoms with Crippen LogP contribution in [-0.4, -0.2) is 16.6 Å². The quantitative estimate of drug-likeness (QED) is 0.432. The van der Waals surface area contributed by atoms with Gasteiger partial charge in [0.05, 0.1) is 10.5 Å². The molecule has 0 radical (unpaired) electrons. The molecule has 1 atom stereocenters. The zero-order valence-corrected chi connectivity index (χ0v) is 18.0. The van der Waals surface area contributed by atoms with Gasteiger partial charge in [-0.15, -0.1) is 0 Å². The lowest BCUT2D eigenvalue weighted by Gasteiger charge is -2.42. The zero-order chi connectivity index (χ0) is 24.1. The summed E-state index contributed by atoms with van der Waals surface area (Å²) in [6, 6.07) is 10.3. The summed E-state index contributed by atoms with van der Waals surface area (Å²) < 4.78 is 39.0. The van der Waals surface area contributed by atoms with Gasteiger partial charge in [-0.05, 0) is 35.6 Å². The third kappa shape index (κ3) is 4.15. The van der Waals surface area contributed by atoms with Crippen LogP contribution in [0.4, 0.5) is 24.5 Å². The van der Waals surface area contributed by atoms with Crippen LogP contribution in [-0.2, 0) is 15.8 Å². The van der Waals surface area contributed by atoms with Crippen molar-refractivity contribution in [2.24, 2.45) is 5.41 Å². The van der Waals surface area contributed by atoms with Gasteiger partial charge in [0.25, 0.3) is 5.69 Å². The number of Topliss-reactive ketones (excluding diaryl/α,β-unsaturated/α-hetero) is 1. The second kappa shape index (κ2) is 7.83. The summed E-state index contributed by atoms with van der Waals surface area (Å²) in [6.45, 7) is 3.75. The summed E-state index contributed by atoms with van der Waals surface area (Å²) in [7, 11) is 0. The van der Waals surface area contributed by atoms with E-state index in [1.165, 1.54) is 35.2 Å². The van der Waals surface area contributed by atoms with E-state index in [0.717, 1.165) is 12.1 Å². The first kappa shape index (κ1) is 22.7. The monoisotopic (exact) mass is 458 g/mol. The highest BCUT2D eigenvalue weighted by atomic mass is 19.4. The van der Waals surface area contributed by atoms with E-state index in [2.05, 4.69) is 0 Å². The molecule has 0 bridgehead atoms. The van der Waals surface area contributed by atoms with E-state index in [1.54, 1.807) is 6.07 Å². The lowest BCUT2D eigenvalue weighted by atomic mass is 9.69. The number of hydrogen-bond donors (Lipinski definition) is 0. The average molecular weight is 458 g/mol. The predicted molar refractivity (Wildman–Crippen MR) is 114 cm³/mol. The Balaban J connectivity index is 1.89. The van der Waals surface area contributed by atoms with Crippen molar-refractivity contribution < 1.29 is 27.7 Å². The Labute approximate surface area is 187 Å². The maximum atomic E-state index is 13.3. The Kier molecular flexibility index (Phi) is 5.38. The van der Waals surface area contributed by atoms with Crippen molar-refractivity contribution in [3.8, 4) is 0 Å². The van der Waals surface area contributed by atoms with Crippen LogP contribution in [0.1, 0.15) is 50.2 Å². The molecule has 2 aromatic rings. The highest BCUT2D eigenvalue weighted by Gasteiger charge is 2.45. The molecule has 2 aromatic carbocycles. The number of nitrogens with zero attached hydrogens (tertiary/aromatic N) is 2. The maximum absolute atomic E-state index is 13.3. The normalized spacial score (nSPS) is 20.6. The number of ketones is 1. The first-order valence-electron chi connectivity index (χ1n) is 10.4. The third-order valence-corrected chi connectivity index (χ3v) is 6.10. The molecule has 6 nitrogen and oxygen atoms in total. The number of alkyl halides is 3. The number of hydrogen-bond acceptors (Lipinski definition) is 4. The Bertz CT molecular complexity index is 1180. The van der Waals surface area contributed by atoms with Crippen LogP contribution in [0.3, 0.4) is 0 Å². The Morgan fingerprint density at radius 3 is 2.27 bits per heavy atom. The van der Waals surface area contributed by atoms with Gasteiger partial charge in [-0.2, -0.15) is 13.2 Å². The van der Waals surface area contributed by atoms with Gasteiger partial charge >= 0.3 is 6.18 Å². The summed E-state index contributed by atoms with van der Waals surface area (Å²) in [5, 5.41) is 11.6. The van der Waals surface area contributed by atoms with Gasteiger partial charge in [-0.1, -0.05) is 38.1 Å². The number of carbonyl (C=O) groups is 2. The number of nitro groups is 1. The zero-order valence-electron chi connectivity index (χ0n) is 18.0. The SMILES string of the molecule is CC1(C)CC(=O)C2=C(C1)N(c1ccccc1[N+](=O)[O-])C(=O)CC2c1ccc(C(F)(F)F)cc1. The van der Waals surface area contributed by atoms with E-state index in [1.807, 2.05) is 13.8 Å². The van der Waals surface area contributed by atoms with Crippen molar-refractivity contribution in [3.05, 3.63) is 81.0 Å². The molecule has 4 rings (SSSR count). The van der Waals surface area contributed by atoms with Crippen molar-refractivity contribution in [1.82, 2.24) is 0 Å². The van der Waals surface area contributed by atoms with E-state index >= 15 is 0 Å². The third-order valence-electron chi connectivity index (χ3n) is 6.10. The molecule has 0 fully saturated rings. The van der Waals surface area contributed by atoms with Crippen LogP contribution in [0.2, 0.25) is 0 Å². The van der Waals surface area contributed by atoms with Crippen LogP contribution in [0, 0.1) is 15.5 Å². The molecule has 1 amide bonds. The summed E-state index contributed by atoms with van der Waals surface area (Å²) in [5.74, 6) is -1.36. The molecule has 0 N–H and O–H groups in total. The number of carbonyl (C=O) groups excluding carboxylic acids is 2. The van der Waals surface area contributed by atoms with Crippen molar-refractivity contribution in [1.29, 1.82) is 0 Å². The van der Waals surface area contributed by atoms with Gasteiger partial charge in [0.1, 0.15) is 5.69 Å². The van der Waals surface area contributed by atoms with E-state index in [4.69, 9.17) is 0 Å². The number of benzene rings is 2. The summed E-state index contributed by atoms with van der Waals surface area (Å²) in [6.07, 6.45) is -4.15. The molecule has 1 unspecified atom stereocenters. The highest BCUT2D eigenvalue weighted by Crippen LogP contribution is 2.49. The molecule has 1 heterocycles. The number of amides is 1. The maximum Gasteiger partial charge on any atom is 0.416 e. The molecular formula is C24H21F3N2O4. The fourth-order valence-electron chi connectivity index (χ4n) is 4.69. The van der Waals surface area contributed by atoms with Gasteiger partial charge in [-0.3, -0.25) is 24.6 Å². The first-order chi connectivity index (χ1) is 15.4. The van der Waals surface area contributed by atoms with Crippen LogP contribution in [0.5, 0.6) is 0 Å². The molecule has 0 aromatic heterocycles. The summed E-state index contributed by atoms with van der Waals surface area (Å²) >= 11 is 0. The van der Waals surface area contributed by atoms with E-state index < -0.39 is 33.9 Å². The fraction of sp³-hybridized carbons (Fsp3) is 0.333. The number of anilines is 1. The second-order valence-corrected chi connectivity index (χ2v) is 9.15. The number of nitro benzene ring substituents is 1. The lowest BCUT2D eigenvalue weighted by molar-refractivity contribution is -0.384.